The fraction of sp³-hybridized carbons (Fsp3) is 0.217. The summed E-state index contributed by atoms with van der Waals surface area (Å²) in [6.45, 7) is -3.21. The molecule has 2 fully saturated rings. The highest BCUT2D eigenvalue weighted by molar-refractivity contribution is 8.07. The van der Waals surface area contributed by atoms with E-state index in [2.05, 4.69) is 20.3 Å². The third kappa shape index (κ3) is 4.62. The molecule has 3 unspecified atom stereocenters. The van der Waals surface area contributed by atoms with Gasteiger partial charge in [0.25, 0.3) is 5.91 Å². The lowest BCUT2D eigenvalue weighted by Gasteiger charge is -2.33. The number of hydrogen-bond acceptors (Lipinski definition) is 10. The summed E-state index contributed by atoms with van der Waals surface area (Å²) >= 11 is 11.7. The summed E-state index contributed by atoms with van der Waals surface area (Å²) in [5.74, 6) is 0.220. The van der Waals surface area contributed by atoms with Gasteiger partial charge < -0.3 is 19.7 Å². The number of carbonyl (C=O) groups is 1. The molecule has 0 spiro atoms. The number of imidazole rings is 1. The molecular weight excluding hydrogens is 541 g/mol. The second-order valence-electron chi connectivity index (χ2n) is 8.26. The maximum absolute atomic E-state index is 12.6. The van der Waals surface area contributed by atoms with Crippen LogP contribution in [0.1, 0.15) is 16.6 Å². The van der Waals surface area contributed by atoms with Gasteiger partial charge >= 0.3 is 6.72 Å². The molecule has 4 aromatic rings. The number of benzene rings is 2. The molecule has 5 atom stereocenters. The number of nitrogens with one attached hydrogen (secondary N) is 1. The summed E-state index contributed by atoms with van der Waals surface area (Å²) in [5, 5.41) is 14.3. The van der Waals surface area contributed by atoms with Gasteiger partial charge in [0, 0.05) is 17.4 Å². The number of rotatable bonds is 5. The number of fused-ring (bicyclic) bond motifs is 2. The summed E-state index contributed by atoms with van der Waals surface area (Å²) < 4.78 is 25.1. The molecule has 2 aliphatic rings. The van der Waals surface area contributed by atoms with Gasteiger partial charge in [0.1, 0.15) is 30.4 Å². The minimum Gasteiger partial charge on any atom is -0.423 e. The van der Waals surface area contributed by atoms with E-state index >= 15 is 0 Å². The molecule has 0 aliphatic carbocycles. The molecule has 2 aliphatic heterocycles. The van der Waals surface area contributed by atoms with E-state index in [4.69, 9.17) is 41.7 Å². The number of amides is 1. The Morgan fingerprint density at radius 2 is 1.95 bits per heavy atom. The van der Waals surface area contributed by atoms with Crippen LogP contribution in [0.5, 0.6) is 5.75 Å². The highest BCUT2D eigenvalue weighted by Crippen LogP contribution is 2.57. The summed E-state index contributed by atoms with van der Waals surface area (Å²) in [7, 11) is 0. The second-order valence-corrected chi connectivity index (χ2v) is 11.6. The van der Waals surface area contributed by atoms with Crippen molar-refractivity contribution < 1.29 is 28.2 Å². The monoisotopic (exact) mass is 559 g/mol. The standard InChI is InChI=1S/C23H19ClN5O6PS/c24-14-8-4-5-9-15(14)34-36(37)32-10-16-19(35-36)18(30)23(33-16)29-12-27-17-20(25-11-26-21(17)29)28-22(31)13-6-2-1-3-7-13/h1-9,11-12,16,18-19,23,30H,10H2,(H,25,26,28,31)/t16-,18?,19?,23-,36?/m1/s1. The first-order valence-corrected chi connectivity index (χ1v) is 14.1. The number of para-hydroxylation sites is 1. The van der Waals surface area contributed by atoms with Crippen LogP contribution in [-0.4, -0.2) is 55.5 Å². The first kappa shape index (κ1) is 24.4. The van der Waals surface area contributed by atoms with Crippen molar-refractivity contribution >= 4 is 53.0 Å². The SMILES string of the molecule is O=C(Nc1ncnc2c1ncn2[C@@H]1O[C@@H]2COP(=S)(Oc3ccccc3Cl)OC2C1O)c1ccccc1. The number of carbonyl (C=O) groups excluding carboxylic acids is 1. The molecule has 6 rings (SSSR count). The predicted molar refractivity (Wildman–Crippen MR) is 137 cm³/mol. The first-order chi connectivity index (χ1) is 17.9. The molecule has 2 N–H and O–H groups in total. The molecule has 0 saturated carbocycles. The Balaban J connectivity index is 1.23. The third-order valence-corrected chi connectivity index (χ3v) is 8.40. The van der Waals surface area contributed by atoms with Crippen molar-refractivity contribution in [2.24, 2.45) is 0 Å². The zero-order chi connectivity index (χ0) is 25.6. The van der Waals surface area contributed by atoms with Gasteiger partial charge in [-0.3, -0.25) is 18.4 Å². The van der Waals surface area contributed by atoms with Crippen molar-refractivity contribution in [3.8, 4) is 5.75 Å². The number of hydrogen-bond donors (Lipinski definition) is 2. The fourth-order valence-electron chi connectivity index (χ4n) is 4.14. The van der Waals surface area contributed by atoms with Crippen molar-refractivity contribution in [1.82, 2.24) is 19.5 Å². The average Bonchev–Trinajstić information content (AvgIpc) is 3.47. The first-order valence-electron chi connectivity index (χ1n) is 11.2. The minimum absolute atomic E-state index is 0.0555. The minimum atomic E-state index is -3.26. The van der Waals surface area contributed by atoms with Gasteiger partial charge in [-0.15, -0.1) is 0 Å². The summed E-state index contributed by atoms with van der Waals surface area (Å²) in [6.07, 6.45) is -0.711. The largest absolute Gasteiger partial charge is 0.423 e. The van der Waals surface area contributed by atoms with Crippen molar-refractivity contribution in [1.29, 1.82) is 0 Å². The van der Waals surface area contributed by atoms with E-state index in [0.29, 0.717) is 27.5 Å². The number of aliphatic hydroxyl groups is 1. The van der Waals surface area contributed by atoms with Crippen LogP contribution in [0.25, 0.3) is 11.2 Å². The average molecular weight is 560 g/mol. The van der Waals surface area contributed by atoms with Crippen LogP contribution in [-0.2, 0) is 25.6 Å². The zero-order valence-electron chi connectivity index (χ0n) is 18.9. The number of ether oxygens (including phenoxy) is 1. The lowest BCUT2D eigenvalue weighted by Crippen LogP contribution is -2.39. The van der Waals surface area contributed by atoms with Crippen LogP contribution >= 0.6 is 18.3 Å². The highest BCUT2D eigenvalue weighted by atomic mass is 35.5. The smallest absolute Gasteiger partial charge is 0.381 e. The second kappa shape index (κ2) is 9.73. The Morgan fingerprint density at radius 1 is 1.16 bits per heavy atom. The number of halogens is 1. The third-order valence-electron chi connectivity index (χ3n) is 5.90. The molecule has 14 heteroatoms. The van der Waals surface area contributed by atoms with E-state index in [0.717, 1.165) is 0 Å². The topological polar surface area (TPSA) is 130 Å². The summed E-state index contributed by atoms with van der Waals surface area (Å²) in [5.41, 5.74) is 1.16. The number of nitrogens with zero attached hydrogens (tertiary/aromatic N) is 4. The van der Waals surface area contributed by atoms with Gasteiger partial charge in [-0.2, -0.15) is 0 Å². The van der Waals surface area contributed by atoms with Crippen LogP contribution in [0.2, 0.25) is 5.02 Å². The Bertz CT molecular complexity index is 1520. The van der Waals surface area contributed by atoms with Crippen LogP contribution in [0, 0.1) is 0 Å². The Labute approximate surface area is 220 Å². The van der Waals surface area contributed by atoms with E-state index in [1.807, 2.05) is 6.07 Å². The maximum atomic E-state index is 12.6. The molecule has 190 valence electrons. The predicted octanol–water partition coefficient (Wildman–Crippen LogP) is 3.71. The van der Waals surface area contributed by atoms with Crippen LogP contribution < -0.4 is 9.84 Å². The van der Waals surface area contributed by atoms with Crippen molar-refractivity contribution in [2.45, 2.75) is 24.5 Å². The lowest BCUT2D eigenvalue weighted by atomic mass is 10.1. The van der Waals surface area contributed by atoms with Crippen LogP contribution in [0.4, 0.5) is 5.82 Å². The highest BCUT2D eigenvalue weighted by Gasteiger charge is 2.52. The zero-order valence-corrected chi connectivity index (χ0v) is 21.3. The number of aromatic nitrogens is 4. The van der Waals surface area contributed by atoms with Crippen molar-refractivity contribution in [2.75, 3.05) is 11.9 Å². The molecule has 11 nitrogen and oxygen atoms in total. The molecule has 4 heterocycles. The van der Waals surface area contributed by atoms with E-state index in [9.17, 15) is 9.90 Å². The van der Waals surface area contributed by atoms with Gasteiger partial charge in [0.15, 0.2) is 23.2 Å². The molecule has 2 aromatic heterocycles. The fourth-order valence-corrected chi connectivity index (χ4v) is 6.54. The van der Waals surface area contributed by atoms with Gasteiger partial charge in [-0.25, -0.2) is 15.0 Å². The van der Waals surface area contributed by atoms with Crippen molar-refractivity contribution in [3.05, 3.63) is 77.8 Å². The number of aliphatic hydroxyl groups excluding tert-OH is 1. The van der Waals surface area contributed by atoms with E-state index in [-0.39, 0.29) is 18.3 Å². The Kier molecular flexibility index (Phi) is 6.41. The summed E-state index contributed by atoms with van der Waals surface area (Å²) in [6, 6.07) is 15.6. The molecule has 1 amide bonds. The van der Waals surface area contributed by atoms with Gasteiger partial charge in [0.05, 0.1) is 18.0 Å². The number of anilines is 1. The quantitative estimate of drug-likeness (QED) is 0.349. The van der Waals surface area contributed by atoms with Crippen LogP contribution in [0.15, 0.2) is 67.3 Å². The normalized spacial score (nSPS) is 27.1. The molecular formula is C23H19ClN5O6PS. The van der Waals surface area contributed by atoms with Gasteiger partial charge in [0.2, 0.25) is 0 Å². The van der Waals surface area contributed by atoms with Crippen molar-refractivity contribution in [3.63, 3.8) is 0 Å². The molecule has 0 bridgehead atoms. The maximum Gasteiger partial charge on any atom is 0.381 e. The Hall–Kier alpha value is -2.96. The molecule has 37 heavy (non-hydrogen) atoms. The molecule has 0 radical (unpaired) electrons. The van der Waals surface area contributed by atoms with E-state index < -0.39 is 31.3 Å². The van der Waals surface area contributed by atoms with Gasteiger partial charge in [-0.05, 0) is 24.3 Å². The molecule has 2 saturated heterocycles. The molecule has 2 aromatic carbocycles. The van der Waals surface area contributed by atoms with E-state index in [1.165, 1.54) is 12.7 Å². The van der Waals surface area contributed by atoms with Gasteiger partial charge in [-0.1, -0.05) is 41.9 Å². The summed E-state index contributed by atoms with van der Waals surface area (Å²) in [4.78, 5) is 25.5. The van der Waals surface area contributed by atoms with Crippen LogP contribution in [0.3, 0.4) is 0 Å². The van der Waals surface area contributed by atoms with E-state index in [1.54, 1.807) is 53.1 Å². The Morgan fingerprint density at radius 3 is 2.76 bits per heavy atom. The lowest BCUT2D eigenvalue weighted by molar-refractivity contribution is -0.0585.